The summed E-state index contributed by atoms with van der Waals surface area (Å²) < 4.78 is 5.19. The molecule has 0 aliphatic carbocycles. The smallest absolute Gasteiger partial charge is 0.258 e. The Morgan fingerprint density at radius 2 is 2.10 bits per heavy atom. The number of fused-ring (bicyclic) bond motifs is 1. The number of rotatable bonds is 2. The van der Waals surface area contributed by atoms with Gasteiger partial charge in [0.15, 0.2) is 0 Å². The van der Waals surface area contributed by atoms with Crippen molar-refractivity contribution in [2.24, 2.45) is 0 Å². The van der Waals surface area contributed by atoms with Crippen molar-refractivity contribution in [3.8, 4) is 5.75 Å². The van der Waals surface area contributed by atoms with Gasteiger partial charge < -0.3 is 9.64 Å². The van der Waals surface area contributed by atoms with Crippen LogP contribution in [0.25, 0.3) is 0 Å². The maximum Gasteiger partial charge on any atom is 0.258 e. The molecule has 0 fully saturated rings. The number of nitrogens with zero attached hydrogens (tertiary/aromatic N) is 1. The third-order valence-electron chi connectivity index (χ3n) is 3.72. The van der Waals surface area contributed by atoms with E-state index in [4.69, 9.17) is 16.3 Å². The molecule has 4 heteroatoms. The van der Waals surface area contributed by atoms with Crippen LogP contribution in [0.4, 0.5) is 5.69 Å². The summed E-state index contributed by atoms with van der Waals surface area (Å²) in [4.78, 5) is 14.6. The number of carbonyl (C=O) groups is 1. The Bertz CT molecular complexity index is 684. The van der Waals surface area contributed by atoms with E-state index < -0.39 is 0 Å². The highest BCUT2D eigenvalue weighted by molar-refractivity contribution is 6.30. The first kappa shape index (κ1) is 14.0. The van der Waals surface area contributed by atoms with Gasteiger partial charge in [-0.2, -0.15) is 0 Å². The number of benzene rings is 2. The number of anilines is 1. The summed E-state index contributed by atoms with van der Waals surface area (Å²) >= 11 is 6.04. The summed E-state index contributed by atoms with van der Waals surface area (Å²) in [6.07, 6.45) is 1.90. The standard InChI is InChI=1S/C17H16ClNO2/c1-21-15-6-2-4-13(11-15)17(20)19-9-3-5-12-10-14(18)7-8-16(12)19/h2,4,6-8,10-11H,3,5,9H2,1H3. The van der Waals surface area contributed by atoms with Crippen LogP contribution in [-0.4, -0.2) is 19.6 Å². The molecule has 2 aromatic carbocycles. The van der Waals surface area contributed by atoms with Crippen molar-refractivity contribution in [2.75, 3.05) is 18.6 Å². The molecule has 3 rings (SSSR count). The Balaban J connectivity index is 1.96. The van der Waals surface area contributed by atoms with Gasteiger partial charge in [-0.1, -0.05) is 17.7 Å². The first-order valence-corrected chi connectivity index (χ1v) is 7.31. The number of aryl methyl sites for hydroxylation is 1. The fourth-order valence-corrected chi connectivity index (χ4v) is 2.88. The van der Waals surface area contributed by atoms with Crippen LogP contribution in [0, 0.1) is 0 Å². The topological polar surface area (TPSA) is 29.5 Å². The van der Waals surface area contributed by atoms with Gasteiger partial charge in [-0.05, 0) is 54.8 Å². The van der Waals surface area contributed by atoms with E-state index in [1.807, 2.05) is 41.3 Å². The van der Waals surface area contributed by atoms with Gasteiger partial charge in [0.2, 0.25) is 0 Å². The molecule has 108 valence electrons. The molecule has 0 bridgehead atoms. The van der Waals surface area contributed by atoms with E-state index in [9.17, 15) is 4.79 Å². The van der Waals surface area contributed by atoms with E-state index in [1.54, 1.807) is 13.2 Å². The summed E-state index contributed by atoms with van der Waals surface area (Å²) in [5, 5.41) is 0.712. The molecule has 1 amide bonds. The fourth-order valence-electron chi connectivity index (χ4n) is 2.69. The van der Waals surface area contributed by atoms with Gasteiger partial charge in [-0.3, -0.25) is 4.79 Å². The summed E-state index contributed by atoms with van der Waals surface area (Å²) in [7, 11) is 1.60. The van der Waals surface area contributed by atoms with Crippen molar-refractivity contribution < 1.29 is 9.53 Å². The third kappa shape index (κ3) is 2.74. The molecule has 1 aliphatic rings. The van der Waals surface area contributed by atoms with Crippen LogP contribution in [0.1, 0.15) is 22.3 Å². The van der Waals surface area contributed by atoms with Gasteiger partial charge in [0.25, 0.3) is 5.91 Å². The number of ether oxygens (including phenoxy) is 1. The average molecular weight is 302 g/mol. The van der Waals surface area contributed by atoms with Crippen molar-refractivity contribution in [3.63, 3.8) is 0 Å². The lowest BCUT2D eigenvalue weighted by molar-refractivity contribution is 0.0985. The lowest BCUT2D eigenvalue weighted by atomic mass is 10.0. The molecule has 1 heterocycles. The van der Waals surface area contributed by atoms with Crippen LogP contribution in [0.2, 0.25) is 5.02 Å². The van der Waals surface area contributed by atoms with Crippen LogP contribution in [0.15, 0.2) is 42.5 Å². The second kappa shape index (κ2) is 5.78. The second-order valence-corrected chi connectivity index (χ2v) is 5.50. The maximum absolute atomic E-state index is 12.8. The SMILES string of the molecule is COc1cccc(C(=O)N2CCCc3cc(Cl)ccc32)c1. The van der Waals surface area contributed by atoms with Gasteiger partial charge in [0.1, 0.15) is 5.75 Å². The maximum atomic E-state index is 12.8. The molecule has 0 saturated heterocycles. The van der Waals surface area contributed by atoms with E-state index in [-0.39, 0.29) is 5.91 Å². The molecular weight excluding hydrogens is 286 g/mol. The number of amides is 1. The van der Waals surface area contributed by atoms with E-state index in [1.165, 1.54) is 0 Å². The number of methoxy groups -OCH3 is 1. The highest BCUT2D eigenvalue weighted by Crippen LogP contribution is 2.31. The molecule has 3 nitrogen and oxygen atoms in total. The number of hydrogen-bond acceptors (Lipinski definition) is 2. The van der Waals surface area contributed by atoms with Crippen LogP contribution >= 0.6 is 11.6 Å². The van der Waals surface area contributed by atoms with E-state index in [2.05, 4.69) is 0 Å². The van der Waals surface area contributed by atoms with Crippen molar-refractivity contribution >= 4 is 23.2 Å². The summed E-state index contributed by atoms with van der Waals surface area (Å²) in [6.45, 7) is 0.727. The van der Waals surface area contributed by atoms with Crippen molar-refractivity contribution in [1.82, 2.24) is 0 Å². The van der Waals surface area contributed by atoms with Crippen LogP contribution < -0.4 is 9.64 Å². The van der Waals surface area contributed by atoms with E-state index >= 15 is 0 Å². The van der Waals surface area contributed by atoms with Crippen LogP contribution in [0.5, 0.6) is 5.75 Å². The number of hydrogen-bond donors (Lipinski definition) is 0. The summed E-state index contributed by atoms with van der Waals surface area (Å²) in [5.74, 6) is 0.686. The molecule has 0 spiro atoms. The van der Waals surface area contributed by atoms with Gasteiger partial charge in [-0.25, -0.2) is 0 Å². The minimum atomic E-state index is -0.00262. The molecule has 21 heavy (non-hydrogen) atoms. The monoisotopic (exact) mass is 301 g/mol. The molecular formula is C17H16ClNO2. The lowest BCUT2D eigenvalue weighted by Crippen LogP contribution is -2.35. The van der Waals surface area contributed by atoms with Gasteiger partial charge in [-0.15, -0.1) is 0 Å². The zero-order chi connectivity index (χ0) is 14.8. The molecule has 0 unspecified atom stereocenters. The van der Waals surface area contributed by atoms with Crippen LogP contribution in [0.3, 0.4) is 0 Å². The molecule has 1 aliphatic heterocycles. The molecule has 0 radical (unpaired) electrons. The average Bonchev–Trinajstić information content (AvgIpc) is 2.53. The predicted octanol–water partition coefficient (Wildman–Crippen LogP) is 3.94. The normalized spacial score (nSPS) is 13.7. The van der Waals surface area contributed by atoms with Crippen LogP contribution in [-0.2, 0) is 6.42 Å². The zero-order valence-electron chi connectivity index (χ0n) is 11.8. The zero-order valence-corrected chi connectivity index (χ0v) is 12.6. The highest BCUT2D eigenvalue weighted by atomic mass is 35.5. The van der Waals surface area contributed by atoms with Gasteiger partial charge in [0.05, 0.1) is 7.11 Å². The lowest BCUT2D eigenvalue weighted by Gasteiger charge is -2.29. The first-order chi connectivity index (χ1) is 10.2. The van der Waals surface area contributed by atoms with Gasteiger partial charge in [0, 0.05) is 22.8 Å². The number of halogens is 1. The van der Waals surface area contributed by atoms with E-state index in [0.717, 1.165) is 30.6 Å². The molecule has 2 aromatic rings. The minimum Gasteiger partial charge on any atom is -0.497 e. The van der Waals surface area contributed by atoms with E-state index in [0.29, 0.717) is 16.3 Å². The fraction of sp³-hybridized carbons (Fsp3) is 0.235. The predicted molar refractivity (Wildman–Crippen MR) is 84.4 cm³/mol. The Labute approximate surface area is 129 Å². The largest absolute Gasteiger partial charge is 0.497 e. The van der Waals surface area contributed by atoms with Crippen molar-refractivity contribution in [1.29, 1.82) is 0 Å². The quantitative estimate of drug-likeness (QED) is 0.841. The van der Waals surface area contributed by atoms with Crippen molar-refractivity contribution in [2.45, 2.75) is 12.8 Å². The molecule has 0 atom stereocenters. The van der Waals surface area contributed by atoms with Crippen molar-refractivity contribution in [3.05, 3.63) is 58.6 Å². The molecule has 0 aromatic heterocycles. The second-order valence-electron chi connectivity index (χ2n) is 5.07. The minimum absolute atomic E-state index is 0.00262. The Morgan fingerprint density at radius 3 is 2.90 bits per heavy atom. The highest BCUT2D eigenvalue weighted by Gasteiger charge is 2.23. The Hall–Kier alpha value is -2.00. The molecule has 0 N–H and O–H groups in total. The molecule has 0 saturated carbocycles. The third-order valence-corrected chi connectivity index (χ3v) is 3.96. The number of carbonyl (C=O) groups excluding carboxylic acids is 1. The van der Waals surface area contributed by atoms with Gasteiger partial charge >= 0.3 is 0 Å². The Kier molecular flexibility index (Phi) is 3.84. The summed E-state index contributed by atoms with van der Waals surface area (Å²) in [5.41, 5.74) is 2.72. The first-order valence-electron chi connectivity index (χ1n) is 6.93. The summed E-state index contributed by atoms with van der Waals surface area (Å²) in [6, 6.07) is 13.0. The Morgan fingerprint density at radius 1 is 1.24 bits per heavy atom.